The number of benzene rings is 1. The van der Waals surface area contributed by atoms with E-state index in [1.165, 1.54) is 0 Å². The molecule has 10 nitrogen and oxygen atoms in total. The molecule has 2 N–H and O–H groups in total. The average Bonchev–Trinajstić information content (AvgIpc) is 3.42. The highest BCUT2D eigenvalue weighted by Gasteiger charge is 2.42. The van der Waals surface area contributed by atoms with Crippen LogP contribution in [0.3, 0.4) is 0 Å². The molecule has 1 aromatic rings. The van der Waals surface area contributed by atoms with E-state index in [9.17, 15) is 14.4 Å². The van der Waals surface area contributed by atoms with E-state index in [-0.39, 0.29) is 30.7 Å². The molecule has 2 atom stereocenters. The fourth-order valence-corrected chi connectivity index (χ4v) is 6.03. The van der Waals surface area contributed by atoms with E-state index in [1.807, 2.05) is 56.4 Å². The number of rotatable bonds is 7. The number of carbonyl (C=O) groups is 3. The molecule has 0 aliphatic carbocycles. The Morgan fingerprint density at radius 2 is 1.93 bits per heavy atom. The lowest BCUT2D eigenvalue weighted by Crippen LogP contribution is -2.68. The molecule has 2 fully saturated rings. The van der Waals surface area contributed by atoms with Crippen LogP contribution >= 0.6 is 9.24 Å². The number of nitrogens with zero attached hydrogens (tertiary/aromatic N) is 4. The minimum absolute atomic E-state index is 0.0416. The van der Waals surface area contributed by atoms with Gasteiger partial charge in [0.05, 0.1) is 12.7 Å². The summed E-state index contributed by atoms with van der Waals surface area (Å²) in [4.78, 5) is 46.4. The van der Waals surface area contributed by atoms with Gasteiger partial charge in [0.1, 0.15) is 7.85 Å². The van der Waals surface area contributed by atoms with Gasteiger partial charge in [0, 0.05) is 50.2 Å². The van der Waals surface area contributed by atoms with Gasteiger partial charge in [-0.25, -0.2) is 9.59 Å². The molecule has 4 aliphatic rings. The summed E-state index contributed by atoms with van der Waals surface area (Å²) in [6, 6.07) is 7.48. The first-order valence-corrected chi connectivity index (χ1v) is 15.1. The Hall–Kier alpha value is -3.23. The second-order valence-corrected chi connectivity index (χ2v) is 11.9. The first-order valence-electron chi connectivity index (χ1n) is 14.5. The molecule has 4 aliphatic heterocycles. The SMILES string of the molecule is [B]/C(P)=C(\[B]C1N(C(=O)COC(=O)N2CCC(N3CCc4ccccc4NC3=O)CC2)CN1C1=CCNC1)C=C(C)C. The van der Waals surface area contributed by atoms with E-state index in [4.69, 9.17) is 12.6 Å². The van der Waals surface area contributed by atoms with Crippen LogP contribution in [0.25, 0.3) is 0 Å². The van der Waals surface area contributed by atoms with Crippen molar-refractivity contribution in [1.29, 1.82) is 0 Å². The molecule has 0 saturated carbocycles. The predicted molar refractivity (Wildman–Crippen MR) is 168 cm³/mol. The predicted octanol–water partition coefficient (Wildman–Crippen LogP) is 2.43. The number of piperidine rings is 1. The summed E-state index contributed by atoms with van der Waals surface area (Å²) in [5, 5.41) is 6.91. The molecule has 0 bridgehead atoms. The molecule has 4 amide bonds. The van der Waals surface area contributed by atoms with Gasteiger partial charge in [0.25, 0.3) is 5.91 Å². The fourth-order valence-electron chi connectivity index (χ4n) is 5.85. The van der Waals surface area contributed by atoms with E-state index in [1.54, 1.807) is 9.80 Å². The monoisotopic (exact) mass is 587 g/mol. The number of amides is 4. The minimum Gasteiger partial charge on any atom is -0.439 e. The topological polar surface area (TPSA) is 97.5 Å². The quantitative estimate of drug-likeness (QED) is 0.289. The van der Waals surface area contributed by atoms with E-state index in [2.05, 4.69) is 30.8 Å². The second kappa shape index (κ2) is 13.4. The van der Waals surface area contributed by atoms with Gasteiger partial charge in [-0.1, -0.05) is 41.4 Å². The number of hydrogen-bond acceptors (Lipinski definition) is 6. The molecule has 2 unspecified atom stereocenters. The molecular weight excluding hydrogens is 549 g/mol. The summed E-state index contributed by atoms with van der Waals surface area (Å²) < 4.78 is 5.48. The lowest BCUT2D eigenvalue weighted by Gasteiger charge is -2.53. The van der Waals surface area contributed by atoms with Crippen molar-refractivity contribution >= 4 is 48.1 Å². The van der Waals surface area contributed by atoms with Crippen LogP contribution in [0.15, 0.2) is 58.4 Å². The molecule has 3 radical (unpaired) electrons. The Labute approximate surface area is 252 Å². The van der Waals surface area contributed by atoms with Crippen molar-refractivity contribution in [3.63, 3.8) is 0 Å². The zero-order chi connectivity index (χ0) is 29.8. The van der Waals surface area contributed by atoms with Gasteiger partial charge in [0.2, 0.25) is 7.28 Å². The Balaban J connectivity index is 1.13. The number of ether oxygens (including phenoxy) is 1. The zero-order valence-electron chi connectivity index (χ0n) is 24.3. The highest BCUT2D eigenvalue weighted by Crippen LogP contribution is 2.28. The van der Waals surface area contributed by atoms with Gasteiger partial charge in [-0.15, -0.1) is 14.5 Å². The Bertz CT molecular complexity index is 1300. The molecule has 13 heteroatoms. The number of hydrogen-bond donors (Lipinski definition) is 2. The number of carbonyl (C=O) groups excluding carboxylic acids is 3. The largest absolute Gasteiger partial charge is 0.439 e. The zero-order valence-corrected chi connectivity index (χ0v) is 25.5. The fraction of sp³-hybridized carbons (Fsp3) is 0.483. The normalized spacial score (nSPS) is 21.4. The highest BCUT2D eigenvalue weighted by atomic mass is 31.0. The van der Waals surface area contributed by atoms with Crippen LogP contribution < -0.4 is 10.6 Å². The third kappa shape index (κ3) is 6.87. The maximum absolute atomic E-state index is 13.2. The second-order valence-electron chi connectivity index (χ2n) is 11.3. The van der Waals surface area contributed by atoms with Gasteiger partial charge in [-0.05, 0) is 44.7 Å². The van der Waals surface area contributed by atoms with Gasteiger partial charge in [0.15, 0.2) is 6.61 Å². The summed E-state index contributed by atoms with van der Waals surface area (Å²) >= 11 is 0. The number of anilines is 1. The van der Waals surface area contributed by atoms with Crippen LogP contribution in [0.2, 0.25) is 0 Å². The lowest BCUT2D eigenvalue weighted by atomic mass is 9.61. The summed E-state index contributed by atoms with van der Waals surface area (Å²) in [5.41, 5.74) is 5.04. The number of urea groups is 1. The van der Waals surface area contributed by atoms with Gasteiger partial charge in [-0.2, -0.15) is 0 Å². The van der Waals surface area contributed by atoms with Gasteiger partial charge < -0.3 is 35.0 Å². The third-order valence-corrected chi connectivity index (χ3v) is 8.48. The van der Waals surface area contributed by atoms with Crippen molar-refractivity contribution < 1.29 is 19.1 Å². The van der Waals surface area contributed by atoms with Crippen molar-refractivity contribution in [1.82, 2.24) is 24.9 Å². The Morgan fingerprint density at radius 3 is 2.62 bits per heavy atom. The first-order chi connectivity index (χ1) is 20.2. The number of para-hydroxylation sites is 1. The molecule has 4 heterocycles. The van der Waals surface area contributed by atoms with E-state index < -0.39 is 6.09 Å². The maximum atomic E-state index is 13.2. The van der Waals surface area contributed by atoms with Crippen LogP contribution in [0.1, 0.15) is 32.3 Å². The van der Waals surface area contributed by atoms with Crippen LogP contribution in [-0.4, -0.2) is 111 Å². The molecule has 0 spiro atoms. The van der Waals surface area contributed by atoms with Crippen molar-refractivity contribution in [2.45, 2.75) is 45.2 Å². The Morgan fingerprint density at radius 1 is 1.17 bits per heavy atom. The summed E-state index contributed by atoms with van der Waals surface area (Å²) in [6.07, 6.45) is 5.70. The standard InChI is InChI=1S/C29H38B2N6O4P/c1-19(2)15-23(26(30)42)31-27-36(22-7-11-32-16-22)18-37(27)25(38)17-41-29(40)34-12-9-21(10-13-34)35-14-8-20-5-3-4-6-24(20)33-28(35)39/h3-7,15,21,27,32H,8-14,16-18,42H2,1-2H3,(H,33,39)/b26-23+. The average molecular weight is 587 g/mol. The van der Waals surface area contributed by atoms with E-state index >= 15 is 0 Å². The van der Waals surface area contributed by atoms with Crippen LogP contribution in [-0.2, 0) is 16.0 Å². The summed E-state index contributed by atoms with van der Waals surface area (Å²) in [7, 11) is 10.6. The van der Waals surface area contributed by atoms with Crippen molar-refractivity contribution in [3.8, 4) is 0 Å². The third-order valence-electron chi connectivity index (χ3n) is 8.15. The summed E-state index contributed by atoms with van der Waals surface area (Å²) in [5.74, 6) is -0.262. The molecule has 0 aromatic heterocycles. The first kappa shape index (κ1) is 30.2. The van der Waals surface area contributed by atoms with Crippen LogP contribution in [0, 0.1) is 0 Å². The van der Waals surface area contributed by atoms with Crippen molar-refractivity contribution in [2.75, 3.05) is 51.3 Å². The molecule has 1 aromatic carbocycles. The number of fused-ring (bicyclic) bond motifs is 1. The number of allylic oxidation sites excluding steroid dienone is 3. The number of nitrogens with one attached hydrogen (secondary N) is 2. The van der Waals surface area contributed by atoms with Crippen LogP contribution in [0.4, 0.5) is 15.3 Å². The lowest BCUT2D eigenvalue weighted by molar-refractivity contribution is -0.152. The van der Waals surface area contributed by atoms with E-state index in [0.29, 0.717) is 44.4 Å². The smallest absolute Gasteiger partial charge is 0.410 e. The van der Waals surface area contributed by atoms with Crippen molar-refractivity contribution in [3.05, 3.63) is 63.9 Å². The highest BCUT2D eigenvalue weighted by molar-refractivity contribution is 7.27. The minimum atomic E-state index is -0.505. The summed E-state index contributed by atoms with van der Waals surface area (Å²) in [6.45, 7) is 7.17. The van der Waals surface area contributed by atoms with Gasteiger partial charge in [-0.3, -0.25) is 4.79 Å². The van der Waals surface area contributed by atoms with E-state index in [0.717, 1.165) is 47.5 Å². The number of likely N-dealkylation sites (tertiary alicyclic amines) is 1. The van der Waals surface area contributed by atoms with Gasteiger partial charge >= 0.3 is 12.1 Å². The Kier molecular flexibility index (Phi) is 9.63. The van der Waals surface area contributed by atoms with Crippen molar-refractivity contribution in [2.24, 2.45) is 0 Å². The molecule has 5 rings (SSSR count). The molecule has 42 heavy (non-hydrogen) atoms. The molecular formula is C29H38B2N6O4P. The maximum Gasteiger partial charge on any atom is 0.410 e. The molecule has 2 saturated heterocycles. The molecule has 219 valence electrons. The van der Waals surface area contributed by atoms with Crippen LogP contribution in [0.5, 0.6) is 0 Å².